The Balaban J connectivity index is 1.29. The molecular weight excluding hydrogens is 412 g/mol. The lowest BCUT2D eigenvalue weighted by Crippen LogP contribution is -2.39. The number of amides is 2. The number of para-hydroxylation sites is 1. The molecule has 2 aromatic carbocycles. The van der Waals surface area contributed by atoms with Crippen molar-refractivity contribution in [3.8, 4) is 11.5 Å². The fraction of sp³-hybridized carbons (Fsp3) is 0.417. The van der Waals surface area contributed by atoms with Gasteiger partial charge in [0.2, 0.25) is 11.8 Å². The fourth-order valence-corrected chi connectivity index (χ4v) is 5.48. The third-order valence-corrected chi connectivity index (χ3v) is 7.13. The molecule has 162 valence electrons. The van der Waals surface area contributed by atoms with E-state index in [1.807, 2.05) is 47.4 Å². The van der Waals surface area contributed by atoms with Crippen LogP contribution in [0.5, 0.6) is 11.5 Å². The molecule has 7 heteroatoms. The standard InChI is InChI=1S/C24H26N2O4S/c27-23(10-12-26-19-5-1-2-7-22(19)31-16-24(26)28)25-11-3-6-18(25)17-8-9-20-21(15-17)30-14-4-13-29-20/h1-2,5,7-9,15,18H,3-4,6,10-14,16H2. The minimum atomic E-state index is 0.0459. The Hall–Kier alpha value is -2.67. The number of nitrogens with zero attached hydrogens (tertiary/aromatic N) is 2. The molecule has 0 aromatic heterocycles. The first-order valence-corrected chi connectivity index (χ1v) is 11.9. The predicted molar refractivity (Wildman–Crippen MR) is 120 cm³/mol. The number of thioether (sulfide) groups is 1. The number of fused-ring (bicyclic) bond motifs is 2. The van der Waals surface area contributed by atoms with Crippen LogP contribution in [0, 0.1) is 0 Å². The summed E-state index contributed by atoms with van der Waals surface area (Å²) >= 11 is 1.56. The average molecular weight is 439 g/mol. The molecule has 1 unspecified atom stereocenters. The third-order valence-electron chi connectivity index (χ3n) is 6.09. The Morgan fingerprint density at radius 2 is 1.90 bits per heavy atom. The Labute approximate surface area is 186 Å². The van der Waals surface area contributed by atoms with Gasteiger partial charge >= 0.3 is 0 Å². The minimum Gasteiger partial charge on any atom is -0.490 e. The molecule has 3 aliphatic rings. The maximum Gasteiger partial charge on any atom is 0.237 e. The van der Waals surface area contributed by atoms with E-state index in [-0.39, 0.29) is 17.9 Å². The van der Waals surface area contributed by atoms with E-state index in [1.165, 1.54) is 0 Å². The summed E-state index contributed by atoms with van der Waals surface area (Å²) in [7, 11) is 0. The van der Waals surface area contributed by atoms with Gasteiger partial charge in [0.1, 0.15) is 0 Å². The molecule has 1 saturated heterocycles. The predicted octanol–water partition coefficient (Wildman–Crippen LogP) is 4.04. The average Bonchev–Trinajstić information content (AvgIpc) is 3.17. The summed E-state index contributed by atoms with van der Waals surface area (Å²) in [5.74, 6) is 2.13. The van der Waals surface area contributed by atoms with Crippen molar-refractivity contribution in [1.82, 2.24) is 4.90 Å². The second-order valence-electron chi connectivity index (χ2n) is 8.05. The van der Waals surface area contributed by atoms with E-state index in [9.17, 15) is 9.59 Å². The fourth-order valence-electron chi connectivity index (χ4n) is 4.55. The van der Waals surface area contributed by atoms with Crippen molar-refractivity contribution in [3.63, 3.8) is 0 Å². The molecule has 0 bridgehead atoms. The van der Waals surface area contributed by atoms with E-state index in [0.717, 1.165) is 53.5 Å². The smallest absolute Gasteiger partial charge is 0.237 e. The largest absolute Gasteiger partial charge is 0.490 e. The highest BCUT2D eigenvalue weighted by Crippen LogP contribution is 2.39. The van der Waals surface area contributed by atoms with Crippen LogP contribution in [-0.2, 0) is 9.59 Å². The summed E-state index contributed by atoms with van der Waals surface area (Å²) in [4.78, 5) is 30.5. The summed E-state index contributed by atoms with van der Waals surface area (Å²) in [6, 6.07) is 14.0. The minimum absolute atomic E-state index is 0.0459. The second kappa shape index (κ2) is 8.83. The van der Waals surface area contributed by atoms with Gasteiger partial charge in [-0.2, -0.15) is 0 Å². The van der Waals surface area contributed by atoms with Crippen LogP contribution in [0.4, 0.5) is 5.69 Å². The van der Waals surface area contributed by atoms with Crippen molar-refractivity contribution in [2.45, 2.75) is 36.6 Å². The molecule has 0 N–H and O–H groups in total. The van der Waals surface area contributed by atoms with Crippen LogP contribution in [0.25, 0.3) is 0 Å². The van der Waals surface area contributed by atoms with Crippen molar-refractivity contribution in [2.75, 3.05) is 37.0 Å². The Morgan fingerprint density at radius 1 is 1.06 bits per heavy atom. The van der Waals surface area contributed by atoms with Crippen LogP contribution in [0.1, 0.15) is 37.3 Å². The van der Waals surface area contributed by atoms with Gasteiger partial charge in [0.25, 0.3) is 0 Å². The zero-order chi connectivity index (χ0) is 21.2. The van der Waals surface area contributed by atoms with E-state index < -0.39 is 0 Å². The molecular formula is C24H26N2O4S. The van der Waals surface area contributed by atoms with E-state index in [4.69, 9.17) is 9.47 Å². The molecule has 0 aliphatic carbocycles. The molecule has 0 radical (unpaired) electrons. The molecule has 1 fully saturated rings. The van der Waals surface area contributed by atoms with Gasteiger partial charge in [-0.15, -0.1) is 11.8 Å². The number of ether oxygens (including phenoxy) is 2. The van der Waals surface area contributed by atoms with Gasteiger partial charge in [-0.3, -0.25) is 9.59 Å². The topological polar surface area (TPSA) is 59.1 Å². The number of hydrogen-bond donors (Lipinski definition) is 0. The summed E-state index contributed by atoms with van der Waals surface area (Å²) in [6.07, 6.45) is 3.11. The van der Waals surface area contributed by atoms with Crippen LogP contribution in [-0.4, -0.2) is 48.8 Å². The van der Waals surface area contributed by atoms with Crippen molar-refractivity contribution < 1.29 is 19.1 Å². The van der Waals surface area contributed by atoms with Gasteiger partial charge in [-0.1, -0.05) is 18.2 Å². The first-order valence-electron chi connectivity index (χ1n) is 10.9. The third kappa shape index (κ3) is 4.11. The summed E-state index contributed by atoms with van der Waals surface area (Å²) in [6.45, 7) is 2.47. The lowest BCUT2D eigenvalue weighted by atomic mass is 10.0. The maximum absolute atomic E-state index is 13.2. The molecule has 6 nitrogen and oxygen atoms in total. The van der Waals surface area contributed by atoms with Crippen molar-refractivity contribution >= 4 is 29.3 Å². The molecule has 2 aromatic rings. The monoisotopic (exact) mass is 438 g/mol. The molecule has 1 atom stereocenters. The number of anilines is 1. The van der Waals surface area contributed by atoms with Gasteiger partial charge < -0.3 is 19.3 Å². The molecule has 5 rings (SSSR count). The van der Waals surface area contributed by atoms with E-state index in [2.05, 4.69) is 0 Å². The highest BCUT2D eigenvalue weighted by Gasteiger charge is 2.32. The van der Waals surface area contributed by atoms with Gasteiger partial charge in [-0.05, 0) is 42.7 Å². The lowest BCUT2D eigenvalue weighted by Gasteiger charge is -2.30. The summed E-state index contributed by atoms with van der Waals surface area (Å²) in [5.41, 5.74) is 2.00. The summed E-state index contributed by atoms with van der Waals surface area (Å²) < 4.78 is 11.6. The number of likely N-dealkylation sites (tertiary alicyclic amines) is 1. The van der Waals surface area contributed by atoms with Crippen molar-refractivity contribution in [3.05, 3.63) is 48.0 Å². The molecule has 3 heterocycles. The molecule has 31 heavy (non-hydrogen) atoms. The van der Waals surface area contributed by atoms with Gasteiger partial charge in [-0.25, -0.2) is 0 Å². The normalized spacial score (nSPS) is 20.4. The van der Waals surface area contributed by atoms with Crippen LogP contribution < -0.4 is 14.4 Å². The molecule has 2 amide bonds. The lowest BCUT2D eigenvalue weighted by molar-refractivity contribution is -0.132. The zero-order valence-corrected chi connectivity index (χ0v) is 18.2. The highest BCUT2D eigenvalue weighted by molar-refractivity contribution is 8.00. The number of benzene rings is 2. The van der Waals surface area contributed by atoms with Gasteiger partial charge in [0.15, 0.2) is 11.5 Å². The quantitative estimate of drug-likeness (QED) is 0.721. The Bertz CT molecular complexity index is 995. The van der Waals surface area contributed by atoms with Gasteiger partial charge in [0.05, 0.1) is 30.7 Å². The van der Waals surface area contributed by atoms with E-state index >= 15 is 0 Å². The number of carbonyl (C=O) groups is 2. The summed E-state index contributed by atoms with van der Waals surface area (Å²) in [5, 5.41) is 0. The molecule has 0 saturated carbocycles. The Morgan fingerprint density at radius 3 is 2.81 bits per heavy atom. The van der Waals surface area contributed by atoms with Crippen molar-refractivity contribution in [1.29, 1.82) is 0 Å². The van der Waals surface area contributed by atoms with Crippen LogP contribution >= 0.6 is 11.8 Å². The highest BCUT2D eigenvalue weighted by atomic mass is 32.2. The van der Waals surface area contributed by atoms with Crippen LogP contribution in [0.3, 0.4) is 0 Å². The van der Waals surface area contributed by atoms with Gasteiger partial charge in [0, 0.05) is 30.8 Å². The number of carbonyl (C=O) groups excluding carboxylic acids is 2. The number of rotatable bonds is 4. The van der Waals surface area contributed by atoms with Crippen LogP contribution in [0.15, 0.2) is 47.4 Å². The Kier molecular flexibility index (Phi) is 5.76. The molecule has 3 aliphatic heterocycles. The maximum atomic E-state index is 13.2. The van der Waals surface area contributed by atoms with E-state index in [1.54, 1.807) is 16.7 Å². The SMILES string of the molecule is O=C1CSc2ccccc2N1CCC(=O)N1CCCC1c1ccc2c(c1)OCCCO2. The molecule has 0 spiro atoms. The number of hydrogen-bond acceptors (Lipinski definition) is 5. The first kappa shape index (κ1) is 20.2. The second-order valence-corrected chi connectivity index (χ2v) is 9.07. The van der Waals surface area contributed by atoms with Crippen LogP contribution in [0.2, 0.25) is 0 Å². The van der Waals surface area contributed by atoms with E-state index in [0.29, 0.717) is 31.9 Å². The first-order chi connectivity index (χ1) is 15.2. The zero-order valence-electron chi connectivity index (χ0n) is 17.4. The van der Waals surface area contributed by atoms with Crippen molar-refractivity contribution in [2.24, 2.45) is 0 Å².